The third-order valence-corrected chi connectivity index (χ3v) is 6.41. The van der Waals surface area contributed by atoms with Crippen molar-refractivity contribution >= 4 is 38.9 Å². The molecule has 1 aliphatic rings. The van der Waals surface area contributed by atoms with Gasteiger partial charge >= 0.3 is 0 Å². The minimum Gasteiger partial charge on any atom is -0.272 e. The Hall–Kier alpha value is -2.30. The summed E-state index contributed by atoms with van der Waals surface area (Å²) in [6.45, 7) is 0.891. The molecule has 0 spiro atoms. The highest BCUT2D eigenvalue weighted by atomic mass is 32.2. The van der Waals surface area contributed by atoms with Gasteiger partial charge in [-0.3, -0.25) is 15.5 Å². The lowest BCUT2D eigenvalue weighted by molar-refractivity contribution is -0.384. The van der Waals surface area contributed by atoms with E-state index in [1.807, 2.05) is 16.8 Å². The largest absolute Gasteiger partial charge is 0.295 e. The Labute approximate surface area is 149 Å². The summed E-state index contributed by atoms with van der Waals surface area (Å²) in [6, 6.07) is 5.67. The van der Waals surface area contributed by atoms with E-state index >= 15 is 0 Å². The first-order valence-electron chi connectivity index (χ1n) is 7.58. The normalized spacial score (nSPS) is 15.7. The van der Waals surface area contributed by atoms with Gasteiger partial charge in [0.25, 0.3) is 5.69 Å². The Morgan fingerprint density at radius 1 is 1.28 bits per heavy atom. The van der Waals surface area contributed by atoms with E-state index in [-0.39, 0.29) is 16.3 Å². The highest BCUT2D eigenvalue weighted by Gasteiger charge is 2.29. The fraction of sp³-hybridized carbons (Fsp3) is 0.267. The molecule has 0 unspecified atom stereocenters. The van der Waals surface area contributed by atoms with E-state index in [4.69, 9.17) is 0 Å². The average Bonchev–Trinajstić information content (AvgIpc) is 3.28. The predicted octanol–water partition coefficient (Wildman–Crippen LogP) is 2.89. The topological polar surface area (TPSA) is 105 Å². The van der Waals surface area contributed by atoms with Gasteiger partial charge in [-0.25, -0.2) is 8.42 Å². The fourth-order valence-corrected chi connectivity index (χ4v) is 4.67. The van der Waals surface area contributed by atoms with Crippen LogP contribution in [0, 0.1) is 10.1 Å². The number of nitrogens with zero attached hydrogens (tertiary/aromatic N) is 3. The Morgan fingerprint density at radius 3 is 2.68 bits per heavy atom. The van der Waals surface area contributed by atoms with Crippen LogP contribution in [-0.4, -0.2) is 37.0 Å². The maximum absolute atomic E-state index is 12.5. The van der Waals surface area contributed by atoms with E-state index in [0.717, 1.165) is 24.5 Å². The smallest absolute Gasteiger partial charge is 0.272 e. The number of thiophene rings is 1. The second-order valence-corrected chi connectivity index (χ2v) is 8.19. The molecule has 2 aromatic rings. The summed E-state index contributed by atoms with van der Waals surface area (Å²) in [5, 5.41) is 19.1. The van der Waals surface area contributed by atoms with E-state index in [1.165, 1.54) is 34.0 Å². The van der Waals surface area contributed by atoms with Gasteiger partial charge in [-0.05, 0) is 41.8 Å². The van der Waals surface area contributed by atoms with Gasteiger partial charge < -0.3 is 0 Å². The van der Waals surface area contributed by atoms with Crippen molar-refractivity contribution in [2.24, 2.45) is 5.10 Å². The molecule has 1 N–H and O–H groups in total. The van der Waals surface area contributed by atoms with Crippen molar-refractivity contribution in [2.75, 3.05) is 18.5 Å². The summed E-state index contributed by atoms with van der Waals surface area (Å²) in [5.74, 6) is 0. The van der Waals surface area contributed by atoms with Gasteiger partial charge in [0.1, 0.15) is 5.69 Å². The molecule has 2 heterocycles. The molecule has 1 aromatic heterocycles. The van der Waals surface area contributed by atoms with Crippen LogP contribution >= 0.6 is 11.3 Å². The number of hydrazone groups is 1. The molecule has 132 valence electrons. The van der Waals surface area contributed by atoms with Gasteiger partial charge in [-0.1, -0.05) is 0 Å². The fourth-order valence-electron chi connectivity index (χ4n) is 2.52. The summed E-state index contributed by atoms with van der Waals surface area (Å²) in [5.41, 5.74) is 3.28. The molecular weight excluding hydrogens is 364 g/mol. The summed E-state index contributed by atoms with van der Waals surface area (Å²) < 4.78 is 26.4. The van der Waals surface area contributed by atoms with Crippen molar-refractivity contribution in [2.45, 2.75) is 17.7 Å². The summed E-state index contributed by atoms with van der Waals surface area (Å²) in [6.07, 6.45) is 3.14. The molecule has 1 aliphatic heterocycles. The van der Waals surface area contributed by atoms with Crippen LogP contribution in [0.25, 0.3) is 0 Å². The molecule has 1 saturated heterocycles. The number of hydrogen-bond acceptors (Lipinski definition) is 7. The standard InChI is InChI=1S/C15H16N4O4S2/c20-19(21)15-9-13(25(22,23)18-6-1-2-7-18)3-4-14(15)17-16-10-12-5-8-24-11-12/h3-5,8-11,17H,1-2,6-7H2/b16-10+. The number of rotatable bonds is 6. The van der Waals surface area contributed by atoms with Crippen molar-refractivity contribution < 1.29 is 13.3 Å². The highest BCUT2D eigenvalue weighted by molar-refractivity contribution is 7.89. The second-order valence-electron chi connectivity index (χ2n) is 5.47. The first-order valence-corrected chi connectivity index (χ1v) is 9.96. The van der Waals surface area contributed by atoms with Gasteiger partial charge in [0.2, 0.25) is 10.0 Å². The number of nitro groups is 1. The molecule has 8 nitrogen and oxygen atoms in total. The molecule has 25 heavy (non-hydrogen) atoms. The van der Waals surface area contributed by atoms with Gasteiger partial charge in [0.15, 0.2) is 0 Å². The lowest BCUT2D eigenvalue weighted by Gasteiger charge is -2.15. The molecule has 0 bridgehead atoms. The monoisotopic (exact) mass is 380 g/mol. The Kier molecular flexibility index (Phi) is 5.11. The Bertz CT molecular complexity index is 888. The van der Waals surface area contributed by atoms with Gasteiger partial charge in [-0.2, -0.15) is 20.7 Å². The van der Waals surface area contributed by atoms with Crippen LogP contribution in [0.3, 0.4) is 0 Å². The number of nitrogens with one attached hydrogen (secondary N) is 1. The van der Waals surface area contributed by atoms with Crippen molar-refractivity contribution in [3.63, 3.8) is 0 Å². The number of sulfonamides is 1. The molecule has 0 radical (unpaired) electrons. The van der Waals surface area contributed by atoms with Crippen LogP contribution in [-0.2, 0) is 10.0 Å². The molecular formula is C15H16N4O4S2. The number of hydrogen-bond donors (Lipinski definition) is 1. The quantitative estimate of drug-likeness (QED) is 0.471. The molecule has 0 amide bonds. The van der Waals surface area contributed by atoms with E-state index in [1.54, 1.807) is 0 Å². The molecule has 0 atom stereocenters. The molecule has 1 fully saturated rings. The van der Waals surface area contributed by atoms with Crippen LogP contribution < -0.4 is 5.43 Å². The van der Waals surface area contributed by atoms with Gasteiger partial charge in [-0.15, -0.1) is 0 Å². The predicted molar refractivity (Wildman–Crippen MR) is 96.6 cm³/mol. The van der Waals surface area contributed by atoms with Gasteiger partial charge in [0, 0.05) is 24.7 Å². The lowest BCUT2D eigenvalue weighted by atomic mass is 10.3. The SMILES string of the molecule is O=[N+]([O-])c1cc(S(=O)(=O)N2CCCC2)ccc1N/N=C/c1ccsc1. The van der Waals surface area contributed by atoms with Crippen molar-refractivity contribution in [1.82, 2.24) is 4.31 Å². The highest BCUT2D eigenvalue weighted by Crippen LogP contribution is 2.30. The zero-order chi connectivity index (χ0) is 17.9. The van der Waals surface area contributed by atoms with Crippen LogP contribution in [0.15, 0.2) is 45.0 Å². The van der Waals surface area contributed by atoms with Crippen molar-refractivity contribution in [3.8, 4) is 0 Å². The van der Waals surface area contributed by atoms with Crippen molar-refractivity contribution in [3.05, 3.63) is 50.7 Å². The minimum atomic E-state index is -3.70. The number of nitro benzene ring substituents is 1. The summed E-state index contributed by atoms with van der Waals surface area (Å²) >= 11 is 1.51. The Morgan fingerprint density at radius 2 is 2.04 bits per heavy atom. The average molecular weight is 380 g/mol. The van der Waals surface area contributed by atoms with E-state index < -0.39 is 14.9 Å². The Balaban J connectivity index is 1.86. The summed E-state index contributed by atoms with van der Waals surface area (Å²) in [7, 11) is -3.70. The number of anilines is 1. The third-order valence-electron chi connectivity index (χ3n) is 3.81. The van der Waals surface area contributed by atoms with Crippen LogP contribution in [0.1, 0.15) is 18.4 Å². The first-order chi connectivity index (χ1) is 12.0. The van der Waals surface area contributed by atoms with E-state index in [2.05, 4.69) is 10.5 Å². The number of benzene rings is 1. The van der Waals surface area contributed by atoms with E-state index in [0.29, 0.717) is 13.1 Å². The maximum Gasteiger partial charge on any atom is 0.295 e. The molecule has 0 aliphatic carbocycles. The molecule has 0 saturated carbocycles. The van der Waals surface area contributed by atoms with Crippen LogP contribution in [0.4, 0.5) is 11.4 Å². The summed E-state index contributed by atoms with van der Waals surface area (Å²) in [4.78, 5) is 10.6. The molecule has 1 aromatic carbocycles. The minimum absolute atomic E-state index is 0.0755. The second kappa shape index (κ2) is 7.30. The maximum atomic E-state index is 12.5. The first kappa shape index (κ1) is 17.5. The third kappa shape index (κ3) is 3.86. The van der Waals surface area contributed by atoms with E-state index in [9.17, 15) is 18.5 Å². The molecule has 10 heteroatoms. The lowest BCUT2D eigenvalue weighted by Crippen LogP contribution is -2.27. The molecule has 3 rings (SSSR count). The van der Waals surface area contributed by atoms with Gasteiger partial charge in [0.05, 0.1) is 16.0 Å². The zero-order valence-electron chi connectivity index (χ0n) is 13.2. The van der Waals surface area contributed by atoms with Crippen LogP contribution in [0.5, 0.6) is 0 Å². The zero-order valence-corrected chi connectivity index (χ0v) is 14.8. The van der Waals surface area contributed by atoms with Crippen LogP contribution in [0.2, 0.25) is 0 Å². The van der Waals surface area contributed by atoms with Crippen molar-refractivity contribution in [1.29, 1.82) is 0 Å².